The van der Waals surface area contributed by atoms with Gasteiger partial charge in [0.2, 0.25) is 0 Å². The van der Waals surface area contributed by atoms with Gasteiger partial charge in [0.15, 0.2) is 0 Å². The molecule has 1 heterocycles. The first-order chi connectivity index (χ1) is 4.74. The Bertz CT molecular complexity index is 241. The van der Waals surface area contributed by atoms with Crippen molar-refractivity contribution in [1.29, 1.82) is 0 Å². The van der Waals surface area contributed by atoms with E-state index in [1.165, 1.54) is 0 Å². The molecule has 0 spiro atoms. The molecule has 0 saturated heterocycles. The van der Waals surface area contributed by atoms with Gasteiger partial charge in [-0.25, -0.2) is 4.98 Å². The van der Waals surface area contributed by atoms with Crippen molar-refractivity contribution in [2.45, 2.75) is 11.9 Å². The van der Waals surface area contributed by atoms with Crippen LogP contribution in [0, 0.1) is 6.92 Å². The van der Waals surface area contributed by atoms with Crippen molar-refractivity contribution in [1.82, 2.24) is 4.98 Å². The summed E-state index contributed by atoms with van der Waals surface area (Å²) in [6, 6.07) is 1.93. The van der Waals surface area contributed by atoms with E-state index in [4.69, 9.17) is 10.7 Å². The van der Waals surface area contributed by atoms with Crippen LogP contribution in [0.5, 0.6) is 0 Å². The Morgan fingerprint density at radius 1 is 1.70 bits per heavy atom. The zero-order valence-electron chi connectivity index (χ0n) is 5.27. The summed E-state index contributed by atoms with van der Waals surface area (Å²) >= 11 is 3.34. The van der Waals surface area contributed by atoms with Gasteiger partial charge in [-0.15, -0.1) is 0 Å². The minimum Gasteiger partial charge on any atom is -0.248 e. The molecule has 10 heavy (non-hydrogen) atoms. The quantitative estimate of drug-likeness (QED) is 0.744. The summed E-state index contributed by atoms with van der Waals surface area (Å²) in [5.41, 5.74) is 1.15. The maximum absolute atomic E-state index is 5.49. The van der Waals surface area contributed by atoms with Crippen LogP contribution in [0.25, 0.3) is 0 Å². The average molecular weight is 239 g/mol. The van der Waals surface area contributed by atoms with Gasteiger partial charge in [-0.2, -0.15) is 0 Å². The molecule has 0 fully saturated rings. The van der Waals surface area contributed by atoms with Crippen molar-refractivity contribution in [2.75, 3.05) is 0 Å². The summed E-state index contributed by atoms with van der Waals surface area (Å²) in [6.45, 7) is 2.00. The standard InChI is InChI=1S/C6H5BrClNS/c1-4-2-6(10-8)9-3-5(4)7/h2-3H,1H3. The largest absolute Gasteiger partial charge is 0.248 e. The molecule has 0 bridgehead atoms. The molecule has 0 saturated carbocycles. The third-order valence-corrected chi connectivity index (χ3v) is 2.79. The van der Waals surface area contributed by atoms with Crippen LogP contribution in [0.2, 0.25) is 0 Å². The first-order valence-corrected chi connectivity index (χ1v) is 5.08. The van der Waals surface area contributed by atoms with Gasteiger partial charge in [0, 0.05) is 21.6 Å². The number of aromatic nitrogens is 1. The SMILES string of the molecule is Cc1cc(SCl)ncc1Br. The lowest BCUT2D eigenvalue weighted by Gasteiger charge is -1.97. The molecule has 54 valence electrons. The van der Waals surface area contributed by atoms with Gasteiger partial charge < -0.3 is 0 Å². The van der Waals surface area contributed by atoms with Gasteiger partial charge in [0.05, 0.1) is 0 Å². The third-order valence-electron chi connectivity index (χ3n) is 1.10. The first kappa shape index (κ1) is 8.37. The molecule has 1 nitrogen and oxygen atoms in total. The molecular formula is C6H5BrClNS. The van der Waals surface area contributed by atoms with Gasteiger partial charge in [-0.3, -0.25) is 0 Å². The van der Waals surface area contributed by atoms with Gasteiger partial charge in [-0.1, -0.05) is 0 Å². The fourth-order valence-electron chi connectivity index (χ4n) is 0.556. The molecule has 0 aliphatic rings. The van der Waals surface area contributed by atoms with Crippen LogP contribution in [0.15, 0.2) is 21.8 Å². The fourth-order valence-corrected chi connectivity index (χ4v) is 1.34. The van der Waals surface area contributed by atoms with Gasteiger partial charge in [-0.05, 0) is 45.2 Å². The predicted octanol–water partition coefficient (Wildman–Crippen LogP) is 3.40. The zero-order valence-corrected chi connectivity index (χ0v) is 8.42. The van der Waals surface area contributed by atoms with E-state index >= 15 is 0 Å². The van der Waals surface area contributed by atoms with E-state index in [-0.39, 0.29) is 0 Å². The van der Waals surface area contributed by atoms with E-state index in [2.05, 4.69) is 20.9 Å². The fraction of sp³-hybridized carbons (Fsp3) is 0.167. The molecule has 0 aliphatic heterocycles. The van der Waals surface area contributed by atoms with Gasteiger partial charge in [0.25, 0.3) is 0 Å². The third kappa shape index (κ3) is 1.87. The second kappa shape index (κ2) is 3.60. The van der Waals surface area contributed by atoms with Crippen LogP contribution in [-0.2, 0) is 0 Å². The number of rotatable bonds is 1. The van der Waals surface area contributed by atoms with Crippen molar-refractivity contribution in [3.05, 3.63) is 22.3 Å². The van der Waals surface area contributed by atoms with E-state index in [1.54, 1.807) is 6.20 Å². The summed E-state index contributed by atoms with van der Waals surface area (Å²) < 4.78 is 1.02. The summed E-state index contributed by atoms with van der Waals surface area (Å²) in [5, 5.41) is 0.836. The Kier molecular flexibility index (Phi) is 3.01. The number of aryl methyl sites for hydroxylation is 1. The molecule has 0 radical (unpaired) electrons. The highest BCUT2D eigenvalue weighted by atomic mass is 79.9. The minimum absolute atomic E-state index is 0.836. The molecule has 0 amide bonds. The van der Waals surface area contributed by atoms with Crippen LogP contribution < -0.4 is 0 Å². The summed E-state index contributed by atoms with van der Waals surface area (Å²) in [5.74, 6) is 0. The van der Waals surface area contributed by atoms with E-state index in [1.807, 2.05) is 13.0 Å². The van der Waals surface area contributed by atoms with E-state index < -0.39 is 0 Å². The normalized spacial score (nSPS) is 9.90. The molecule has 4 heteroatoms. The number of halogens is 2. The Balaban J connectivity index is 3.04. The topological polar surface area (TPSA) is 12.9 Å². The Morgan fingerprint density at radius 2 is 2.40 bits per heavy atom. The smallest absolute Gasteiger partial charge is 0.112 e. The lowest BCUT2D eigenvalue weighted by molar-refractivity contribution is 1.10. The number of pyridine rings is 1. The van der Waals surface area contributed by atoms with Crippen molar-refractivity contribution in [2.24, 2.45) is 0 Å². The van der Waals surface area contributed by atoms with Crippen molar-refractivity contribution in [3.63, 3.8) is 0 Å². The Hall–Kier alpha value is 0.270. The zero-order chi connectivity index (χ0) is 7.56. The first-order valence-electron chi connectivity index (χ1n) is 2.65. The summed E-state index contributed by atoms with van der Waals surface area (Å²) in [6.07, 6.45) is 1.75. The lowest BCUT2D eigenvalue weighted by atomic mass is 10.3. The molecule has 1 aromatic heterocycles. The summed E-state index contributed by atoms with van der Waals surface area (Å²) in [4.78, 5) is 4.04. The van der Waals surface area contributed by atoms with Crippen molar-refractivity contribution in [3.8, 4) is 0 Å². The van der Waals surface area contributed by atoms with Gasteiger partial charge in [0.1, 0.15) is 5.03 Å². The maximum atomic E-state index is 5.49. The van der Waals surface area contributed by atoms with Crippen molar-refractivity contribution >= 4 is 37.6 Å². The van der Waals surface area contributed by atoms with Crippen molar-refractivity contribution < 1.29 is 0 Å². The van der Waals surface area contributed by atoms with E-state index in [0.717, 1.165) is 26.0 Å². The molecule has 1 aromatic rings. The minimum atomic E-state index is 0.836. The number of hydrogen-bond acceptors (Lipinski definition) is 2. The van der Waals surface area contributed by atoms with Gasteiger partial charge >= 0.3 is 0 Å². The molecule has 0 unspecified atom stereocenters. The summed E-state index contributed by atoms with van der Waals surface area (Å²) in [7, 11) is 6.62. The molecular weight excluding hydrogens is 233 g/mol. The number of nitrogens with zero attached hydrogens (tertiary/aromatic N) is 1. The van der Waals surface area contributed by atoms with Crippen LogP contribution in [0.1, 0.15) is 5.56 Å². The van der Waals surface area contributed by atoms with Crippen LogP contribution in [0.4, 0.5) is 0 Å². The highest BCUT2D eigenvalue weighted by molar-refractivity contribution is 9.10. The Labute approximate surface area is 76.8 Å². The molecule has 0 aliphatic carbocycles. The van der Waals surface area contributed by atoms with Crippen LogP contribution in [-0.4, -0.2) is 4.98 Å². The monoisotopic (exact) mass is 237 g/mol. The predicted molar refractivity (Wildman–Crippen MR) is 48.4 cm³/mol. The maximum Gasteiger partial charge on any atom is 0.112 e. The second-order valence-corrected chi connectivity index (χ2v) is 3.74. The molecule has 0 aromatic carbocycles. The molecule has 1 rings (SSSR count). The van der Waals surface area contributed by atoms with E-state index in [9.17, 15) is 0 Å². The highest BCUT2D eigenvalue weighted by Gasteiger charge is 1.96. The van der Waals surface area contributed by atoms with Crippen LogP contribution in [0.3, 0.4) is 0 Å². The Morgan fingerprint density at radius 3 is 2.90 bits per heavy atom. The lowest BCUT2D eigenvalue weighted by Crippen LogP contribution is -1.80. The highest BCUT2D eigenvalue weighted by Crippen LogP contribution is 2.23. The molecule has 0 atom stereocenters. The number of hydrogen-bond donors (Lipinski definition) is 0. The van der Waals surface area contributed by atoms with E-state index in [0.29, 0.717) is 0 Å². The van der Waals surface area contributed by atoms with Crippen LogP contribution >= 0.6 is 37.6 Å². The molecule has 0 N–H and O–H groups in total. The average Bonchev–Trinajstić information content (AvgIpc) is 1.95. The second-order valence-electron chi connectivity index (χ2n) is 1.85.